The molecule has 1 aliphatic rings. The maximum Gasteiger partial charge on any atom is 0.200 e. The Morgan fingerprint density at radius 1 is 1.43 bits per heavy atom. The first kappa shape index (κ1) is 9.44. The summed E-state index contributed by atoms with van der Waals surface area (Å²) in [6.45, 7) is 2.17. The Kier molecular flexibility index (Phi) is 2.40. The van der Waals surface area contributed by atoms with Crippen molar-refractivity contribution in [1.29, 1.82) is 0 Å². The Morgan fingerprint density at radius 2 is 2.14 bits per heavy atom. The van der Waals surface area contributed by atoms with Crippen molar-refractivity contribution in [2.24, 2.45) is 0 Å². The Bertz CT molecular complexity index is 324. The highest BCUT2D eigenvalue weighted by molar-refractivity contribution is 5.69. The van der Waals surface area contributed by atoms with E-state index in [2.05, 4.69) is 11.9 Å². The highest BCUT2D eigenvalue weighted by Crippen LogP contribution is 2.38. The van der Waals surface area contributed by atoms with E-state index in [1.165, 1.54) is 25.5 Å². The van der Waals surface area contributed by atoms with Gasteiger partial charge in [0.2, 0.25) is 5.89 Å². The molecular formula is C11H15NO2. The van der Waals surface area contributed by atoms with Gasteiger partial charge in [-0.3, -0.25) is 4.79 Å². The van der Waals surface area contributed by atoms with Crippen molar-refractivity contribution >= 4 is 6.29 Å². The van der Waals surface area contributed by atoms with Gasteiger partial charge in [0.05, 0.1) is 6.20 Å². The molecule has 1 saturated carbocycles. The van der Waals surface area contributed by atoms with Crippen LogP contribution in [-0.2, 0) is 5.41 Å². The number of aldehydes is 1. The van der Waals surface area contributed by atoms with Gasteiger partial charge in [-0.1, -0.05) is 26.2 Å². The summed E-state index contributed by atoms with van der Waals surface area (Å²) in [5.41, 5.74) is 0.0551. The van der Waals surface area contributed by atoms with Crippen LogP contribution < -0.4 is 0 Å². The Labute approximate surface area is 83.5 Å². The molecule has 0 aliphatic heterocycles. The predicted octanol–water partition coefficient (Wildman–Crippen LogP) is 2.71. The normalized spacial score (nSPS) is 20.6. The third kappa shape index (κ3) is 1.59. The van der Waals surface area contributed by atoms with Crippen LogP contribution in [0.2, 0.25) is 0 Å². The number of hydrogen-bond donors (Lipinski definition) is 0. The average molecular weight is 193 g/mol. The van der Waals surface area contributed by atoms with Crippen molar-refractivity contribution in [3.05, 3.63) is 17.8 Å². The van der Waals surface area contributed by atoms with E-state index in [1.54, 1.807) is 0 Å². The van der Waals surface area contributed by atoms with Crippen LogP contribution in [-0.4, -0.2) is 11.3 Å². The monoisotopic (exact) mass is 193 g/mol. The number of aromatic nitrogens is 1. The van der Waals surface area contributed by atoms with Crippen molar-refractivity contribution in [3.63, 3.8) is 0 Å². The topological polar surface area (TPSA) is 43.1 Å². The van der Waals surface area contributed by atoms with E-state index in [0.717, 1.165) is 18.7 Å². The first-order valence-electron chi connectivity index (χ1n) is 5.16. The lowest BCUT2D eigenvalue weighted by Crippen LogP contribution is -2.25. The minimum absolute atomic E-state index is 0.0551. The van der Waals surface area contributed by atoms with Crippen molar-refractivity contribution in [2.45, 2.75) is 44.4 Å². The number of carbonyl (C=O) groups excluding carboxylic acids is 1. The van der Waals surface area contributed by atoms with Crippen LogP contribution in [0.1, 0.15) is 55.5 Å². The summed E-state index contributed by atoms with van der Waals surface area (Å²) in [6.07, 6.45) is 8.23. The molecule has 1 aromatic heterocycles. The van der Waals surface area contributed by atoms with E-state index in [-0.39, 0.29) is 5.41 Å². The van der Waals surface area contributed by atoms with Gasteiger partial charge >= 0.3 is 0 Å². The molecular weight excluding hydrogens is 178 g/mol. The Balaban J connectivity index is 2.23. The summed E-state index contributed by atoms with van der Waals surface area (Å²) < 4.78 is 5.40. The third-order valence-corrected chi connectivity index (χ3v) is 3.11. The smallest absolute Gasteiger partial charge is 0.200 e. The molecule has 3 nitrogen and oxygen atoms in total. The van der Waals surface area contributed by atoms with Crippen LogP contribution in [0.15, 0.2) is 10.6 Å². The minimum Gasteiger partial charge on any atom is -0.437 e. The molecule has 14 heavy (non-hydrogen) atoms. The maximum atomic E-state index is 10.5. The summed E-state index contributed by atoms with van der Waals surface area (Å²) in [5.74, 6) is 1.08. The van der Waals surface area contributed by atoms with Crippen LogP contribution in [0.25, 0.3) is 0 Å². The summed E-state index contributed by atoms with van der Waals surface area (Å²) in [7, 11) is 0. The second-order valence-corrected chi connectivity index (χ2v) is 4.31. The Hall–Kier alpha value is -1.12. The summed E-state index contributed by atoms with van der Waals surface area (Å²) >= 11 is 0. The van der Waals surface area contributed by atoms with Gasteiger partial charge in [-0.05, 0) is 12.8 Å². The van der Waals surface area contributed by atoms with E-state index in [1.807, 2.05) is 0 Å². The van der Waals surface area contributed by atoms with Crippen molar-refractivity contribution in [3.8, 4) is 0 Å². The van der Waals surface area contributed by atoms with Crippen LogP contribution in [0.4, 0.5) is 0 Å². The average Bonchev–Trinajstić information content (AvgIpc) is 2.67. The zero-order chi connectivity index (χ0) is 10.0. The molecule has 0 atom stereocenters. The van der Waals surface area contributed by atoms with Crippen LogP contribution in [0.5, 0.6) is 0 Å². The molecule has 3 heteroatoms. The third-order valence-electron chi connectivity index (χ3n) is 3.11. The van der Waals surface area contributed by atoms with Gasteiger partial charge in [-0.15, -0.1) is 0 Å². The molecule has 1 heterocycles. The van der Waals surface area contributed by atoms with E-state index in [9.17, 15) is 4.79 Å². The number of rotatable bonds is 2. The molecule has 1 fully saturated rings. The van der Waals surface area contributed by atoms with Gasteiger partial charge < -0.3 is 4.42 Å². The SMILES string of the molecule is CC1(c2ncc(C=O)o2)CCCCC1. The molecule has 0 radical (unpaired) electrons. The Morgan fingerprint density at radius 3 is 2.71 bits per heavy atom. The number of nitrogens with zero attached hydrogens (tertiary/aromatic N) is 1. The van der Waals surface area contributed by atoms with Crippen LogP contribution >= 0.6 is 0 Å². The van der Waals surface area contributed by atoms with Crippen molar-refractivity contribution in [2.75, 3.05) is 0 Å². The molecule has 0 saturated heterocycles. The lowest BCUT2D eigenvalue weighted by Gasteiger charge is -2.30. The predicted molar refractivity (Wildman–Crippen MR) is 52.3 cm³/mol. The lowest BCUT2D eigenvalue weighted by molar-refractivity contribution is 0.109. The second kappa shape index (κ2) is 3.56. The zero-order valence-corrected chi connectivity index (χ0v) is 8.45. The molecule has 0 spiro atoms. The zero-order valence-electron chi connectivity index (χ0n) is 8.45. The number of carbonyl (C=O) groups is 1. The largest absolute Gasteiger partial charge is 0.437 e. The first-order chi connectivity index (χ1) is 6.74. The van der Waals surface area contributed by atoms with Gasteiger partial charge in [0, 0.05) is 5.41 Å². The van der Waals surface area contributed by atoms with E-state index in [0.29, 0.717) is 12.0 Å². The van der Waals surface area contributed by atoms with E-state index < -0.39 is 0 Å². The molecule has 0 N–H and O–H groups in total. The van der Waals surface area contributed by atoms with E-state index in [4.69, 9.17) is 4.42 Å². The molecule has 1 aromatic rings. The van der Waals surface area contributed by atoms with Crippen molar-refractivity contribution < 1.29 is 9.21 Å². The minimum atomic E-state index is 0.0551. The maximum absolute atomic E-state index is 10.5. The summed E-state index contributed by atoms with van der Waals surface area (Å²) in [5, 5.41) is 0. The summed E-state index contributed by atoms with van der Waals surface area (Å²) in [4.78, 5) is 14.7. The highest BCUT2D eigenvalue weighted by atomic mass is 16.4. The van der Waals surface area contributed by atoms with E-state index >= 15 is 0 Å². The molecule has 1 aliphatic carbocycles. The number of hydrogen-bond acceptors (Lipinski definition) is 3. The molecule has 0 bridgehead atoms. The molecule has 0 amide bonds. The molecule has 76 valence electrons. The van der Waals surface area contributed by atoms with Gasteiger partial charge in [-0.25, -0.2) is 4.98 Å². The first-order valence-corrected chi connectivity index (χ1v) is 5.16. The molecule has 0 unspecified atom stereocenters. The quantitative estimate of drug-likeness (QED) is 0.678. The van der Waals surface area contributed by atoms with Gasteiger partial charge in [0.25, 0.3) is 0 Å². The molecule has 2 rings (SSSR count). The second-order valence-electron chi connectivity index (χ2n) is 4.31. The fourth-order valence-electron chi connectivity index (χ4n) is 2.17. The van der Waals surface area contributed by atoms with Gasteiger partial charge in [0.1, 0.15) is 0 Å². The van der Waals surface area contributed by atoms with Crippen LogP contribution in [0.3, 0.4) is 0 Å². The van der Waals surface area contributed by atoms with Crippen molar-refractivity contribution in [1.82, 2.24) is 4.98 Å². The highest BCUT2D eigenvalue weighted by Gasteiger charge is 2.33. The van der Waals surface area contributed by atoms with Crippen LogP contribution in [0, 0.1) is 0 Å². The fourth-order valence-corrected chi connectivity index (χ4v) is 2.17. The van der Waals surface area contributed by atoms with Gasteiger partial charge in [0.15, 0.2) is 12.0 Å². The number of oxazole rings is 1. The standard InChI is InChI=1S/C11H15NO2/c1-11(5-3-2-4-6-11)10-12-7-9(8-13)14-10/h7-8H,2-6H2,1H3. The molecule has 0 aromatic carbocycles. The lowest BCUT2D eigenvalue weighted by atomic mass is 9.76. The fraction of sp³-hybridized carbons (Fsp3) is 0.636. The summed E-state index contributed by atoms with van der Waals surface area (Å²) in [6, 6.07) is 0. The van der Waals surface area contributed by atoms with Gasteiger partial charge in [-0.2, -0.15) is 0 Å².